The standard InChI is InChI=1S/C20H26N4O3/c25-18(21-13-17-7-4-12-26-17)14-24-10-8-16(9-11-24)20-22-19(23-27-20)15-5-2-1-3-6-15/h1-3,5-6,16-17H,4,7-14H2,(H,21,25). The number of benzene rings is 1. The molecule has 7 heteroatoms. The second-order valence-electron chi connectivity index (χ2n) is 7.31. The summed E-state index contributed by atoms with van der Waals surface area (Å²) < 4.78 is 11.0. The molecule has 2 fully saturated rings. The molecule has 2 aromatic rings. The summed E-state index contributed by atoms with van der Waals surface area (Å²) in [4.78, 5) is 18.9. The molecule has 1 unspecified atom stereocenters. The van der Waals surface area contributed by atoms with Gasteiger partial charge in [-0.3, -0.25) is 9.69 Å². The molecule has 0 spiro atoms. The highest BCUT2D eigenvalue weighted by Gasteiger charge is 2.26. The van der Waals surface area contributed by atoms with Gasteiger partial charge in [0.15, 0.2) is 0 Å². The minimum absolute atomic E-state index is 0.0769. The van der Waals surface area contributed by atoms with Gasteiger partial charge in [0.2, 0.25) is 17.6 Å². The van der Waals surface area contributed by atoms with Crippen molar-refractivity contribution < 1.29 is 14.1 Å². The molecule has 2 aliphatic heterocycles. The summed E-state index contributed by atoms with van der Waals surface area (Å²) in [5, 5.41) is 7.11. The number of amides is 1. The van der Waals surface area contributed by atoms with Crippen molar-refractivity contribution in [3.8, 4) is 11.4 Å². The number of aromatic nitrogens is 2. The van der Waals surface area contributed by atoms with Gasteiger partial charge in [0.1, 0.15) is 0 Å². The van der Waals surface area contributed by atoms with E-state index in [-0.39, 0.29) is 17.9 Å². The molecule has 4 rings (SSSR count). The molecule has 0 aliphatic carbocycles. The second-order valence-corrected chi connectivity index (χ2v) is 7.31. The number of hydrogen-bond donors (Lipinski definition) is 1. The summed E-state index contributed by atoms with van der Waals surface area (Å²) >= 11 is 0. The molecule has 1 aromatic heterocycles. The number of piperidine rings is 1. The van der Waals surface area contributed by atoms with Gasteiger partial charge in [-0.1, -0.05) is 35.5 Å². The Morgan fingerprint density at radius 3 is 2.74 bits per heavy atom. The van der Waals surface area contributed by atoms with Gasteiger partial charge in [0.05, 0.1) is 12.6 Å². The first kappa shape index (κ1) is 18.1. The van der Waals surface area contributed by atoms with Gasteiger partial charge in [-0.15, -0.1) is 0 Å². The highest BCUT2D eigenvalue weighted by Crippen LogP contribution is 2.28. The normalized spacial score (nSPS) is 21.4. The van der Waals surface area contributed by atoms with E-state index < -0.39 is 0 Å². The van der Waals surface area contributed by atoms with Crippen molar-refractivity contribution in [3.05, 3.63) is 36.2 Å². The molecule has 1 N–H and O–H groups in total. The monoisotopic (exact) mass is 370 g/mol. The van der Waals surface area contributed by atoms with Crippen LogP contribution in [0.4, 0.5) is 0 Å². The van der Waals surface area contributed by atoms with Crippen LogP contribution in [0.5, 0.6) is 0 Å². The third-order valence-electron chi connectivity index (χ3n) is 5.33. The van der Waals surface area contributed by atoms with Gasteiger partial charge in [0.25, 0.3) is 0 Å². The summed E-state index contributed by atoms with van der Waals surface area (Å²) in [6, 6.07) is 9.86. The van der Waals surface area contributed by atoms with Crippen LogP contribution in [-0.2, 0) is 9.53 Å². The number of carbonyl (C=O) groups excluding carboxylic acids is 1. The third kappa shape index (κ3) is 4.73. The molecule has 144 valence electrons. The van der Waals surface area contributed by atoms with Crippen LogP contribution in [-0.4, -0.2) is 59.8 Å². The van der Waals surface area contributed by atoms with Gasteiger partial charge in [-0.05, 0) is 38.8 Å². The van der Waals surface area contributed by atoms with Gasteiger partial charge < -0.3 is 14.6 Å². The Kier molecular flexibility index (Phi) is 5.79. The Morgan fingerprint density at radius 1 is 1.19 bits per heavy atom. The Labute approximate surface area is 159 Å². The van der Waals surface area contributed by atoms with Crippen LogP contribution in [0.3, 0.4) is 0 Å². The van der Waals surface area contributed by atoms with Crippen LogP contribution >= 0.6 is 0 Å². The average molecular weight is 370 g/mol. The van der Waals surface area contributed by atoms with Crippen molar-refractivity contribution in [1.29, 1.82) is 0 Å². The molecule has 1 amide bonds. The van der Waals surface area contributed by atoms with E-state index in [0.717, 1.165) is 50.9 Å². The van der Waals surface area contributed by atoms with Crippen molar-refractivity contribution in [3.63, 3.8) is 0 Å². The van der Waals surface area contributed by atoms with E-state index in [1.807, 2.05) is 30.3 Å². The molecule has 0 radical (unpaired) electrons. The van der Waals surface area contributed by atoms with Crippen molar-refractivity contribution in [2.75, 3.05) is 32.8 Å². The molecule has 2 aliphatic rings. The summed E-state index contributed by atoms with van der Waals surface area (Å²) in [7, 11) is 0. The van der Waals surface area contributed by atoms with E-state index in [1.165, 1.54) is 0 Å². The van der Waals surface area contributed by atoms with Gasteiger partial charge >= 0.3 is 0 Å². The van der Waals surface area contributed by atoms with Gasteiger partial charge in [0, 0.05) is 24.6 Å². The fourth-order valence-electron chi connectivity index (χ4n) is 3.74. The summed E-state index contributed by atoms with van der Waals surface area (Å²) in [6.45, 7) is 3.61. The number of rotatable bonds is 6. The SMILES string of the molecule is O=C(CN1CCC(c2nc(-c3ccccc3)no2)CC1)NCC1CCCO1. The fourth-order valence-corrected chi connectivity index (χ4v) is 3.74. The Balaban J connectivity index is 1.23. The lowest BCUT2D eigenvalue weighted by molar-refractivity contribution is -0.123. The van der Waals surface area contributed by atoms with Crippen molar-refractivity contribution in [1.82, 2.24) is 20.4 Å². The number of ether oxygens (including phenoxy) is 1. The molecule has 1 aromatic carbocycles. The van der Waals surface area contributed by atoms with E-state index >= 15 is 0 Å². The fraction of sp³-hybridized carbons (Fsp3) is 0.550. The Hall–Kier alpha value is -2.25. The molecule has 2 saturated heterocycles. The van der Waals surface area contributed by atoms with Crippen molar-refractivity contribution >= 4 is 5.91 Å². The smallest absolute Gasteiger partial charge is 0.234 e. The molecule has 1 atom stereocenters. The maximum atomic E-state index is 12.1. The third-order valence-corrected chi connectivity index (χ3v) is 5.33. The molecular formula is C20H26N4O3. The Morgan fingerprint density at radius 2 is 2.00 bits per heavy atom. The van der Waals surface area contributed by atoms with E-state index in [2.05, 4.69) is 20.4 Å². The predicted molar refractivity (Wildman–Crippen MR) is 100 cm³/mol. The maximum absolute atomic E-state index is 12.1. The zero-order valence-corrected chi connectivity index (χ0v) is 15.5. The van der Waals surface area contributed by atoms with Gasteiger partial charge in [-0.2, -0.15) is 4.98 Å². The Bertz CT molecular complexity index is 735. The molecule has 3 heterocycles. The van der Waals surface area contributed by atoms with Crippen LogP contribution < -0.4 is 5.32 Å². The van der Waals surface area contributed by atoms with Crippen LogP contribution in [0.15, 0.2) is 34.9 Å². The van der Waals surface area contributed by atoms with Crippen molar-refractivity contribution in [2.45, 2.75) is 37.7 Å². The highest BCUT2D eigenvalue weighted by atomic mass is 16.5. The van der Waals surface area contributed by atoms with Crippen LogP contribution in [0, 0.1) is 0 Å². The first-order valence-corrected chi connectivity index (χ1v) is 9.77. The quantitative estimate of drug-likeness (QED) is 0.840. The van der Waals surface area contributed by atoms with E-state index in [0.29, 0.717) is 24.8 Å². The average Bonchev–Trinajstić information content (AvgIpc) is 3.40. The zero-order chi connectivity index (χ0) is 18.5. The minimum atomic E-state index is 0.0769. The second kappa shape index (κ2) is 8.63. The lowest BCUT2D eigenvalue weighted by Gasteiger charge is -2.29. The molecule has 0 bridgehead atoms. The van der Waals surface area contributed by atoms with E-state index in [1.54, 1.807) is 0 Å². The lowest BCUT2D eigenvalue weighted by atomic mass is 9.97. The van der Waals surface area contributed by atoms with Crippen LogP contribution in [0.1, 0.15) is 37.5 Å². The van der Waals surface area contributed by atoms with Crippen LogP contribution in [0.25, 0.3) is 11.4 Å². The number of nitrogens with one attached hydrogen (secondary N) is 1. The van der Waals surface area contributed by atoms with Gasteiger partial charge in [-0.25, -0.2) is 0 Å². The predicted octanol–water partition coefficient (Wildman–Crippen LogP) is 2.21. The number of hydrogen-bond acceptors (Lipinski definition) is 6. The molecule has 27 heavy (non-hydrogen) atoms. The minimum Gasteiger partial charge on any atom is -0.376 e. The zero-order valence-electron chi connectivity index (χ0n) is 15.5. The largest absolute Gasteiger partial charge is 0.376 e. The molecular weight excluding hydrogens is 344 g/mol. The number of carbonyl (C=O) groups is 1. The lowest BCUT2D eigenvalue weighted by Crippen LogP contribution is -2.43. The number of nitrogens with zero attached hydrogens (tertiary/aromatic N) is 3. The highest BCUT2D eigenvalue weighted by molar-refractivity contribution is 5.78. The van der Waals surface area contributed by atoms with E-state index in [9.17, 15) is 4.79 Å². The van der Waals surface area contributed by atoms with Crippen LogP contribution in [0.2, 0.25) is 0 Å². The number of likely N-dealkylation sites (tertiary alicyclic amines) is 1. The summed E-state index contributed by atoms with van der Waals surface area (Å²) in [5.41, 5.74) is 0.966. The van der Waals surface area contributed by atoms with Crippen molar-refractivity contribution in [2.24, 2.45) is 0 Å². The topological polar surface area (TPSA) is 80.5 Å². The molecule has 7 nitrogen and oxygen atoms in total. The molecule has 0 saturated carbocycles. The first-order chi connectivity index (χ1) is 13.3. The van der Waals surface area contributed by atoms with E-state index in [4.69, 9.17) is 9.26 Å². The first-order valence-electron chi connectivity index (χ1n) is 9.77. The maximum Gasteiger partial charge on any atom is 0.234 e. The summed E-state index contributed by atoms with van der Waals surface area (Å²) in [5.74, 6) is 1.69. The summed E-state index contributed by atoms with van der Waals surface area (Å²) in [6.07, 6.45) is 4.18.